The summed E-state index contributed by atoms with van der Waals surface area (Å²) < 4.78 is 0. The lowest BCUT2D eigenvalue weighted by molar-refractivity contribution is -0.120. The van der Waals surface area contributed by atoms with Gasteiger partial charge in [-0.1, -0.05) is 13.8 Å². The summed E-state index contributed by atoms with van der Waals surface area (Å²) in [5.41, 5.74) is 0. The van der Waals surface area contributed by atoms with Crippen LogP contribution in [0.5, 0.6) is 0 Å². The minimum atomic E-state index is 0.159. The lowest BCUT2D eigenvalue weighted by atomic mass is 9.80. The molecule has 0 heterocycles. The highest BCUT2D eigenvalue weighted by Crippen LogP contribution is 2.28. The Morgan fingerprint density at radius 3 is 2.38 bits per heavy atom. The van der Waals surface area contributed by atoms with Crippen molar-refractivity contribution in [2.24, 2.45) is 11.8 Å². The lowest BCUT2D eigenvalue weighted by Gasteiger charge is -2.32. The van der Waals surface area contributed by atoms with Crippen molar-refractivity contribution in [3.63, 3.8) is 0 Å². The number of hydrogen-bond acceptors (Lipinski definition) is 2. The highest BCUT2D eigenvalue weighted by atomic mass is 16.1. The van der Waals surface area contributed by atoms with E-state index < -0.39 is 0 Å². The van der Waals surface area contributed by atoms with Gasteiger partial charge in [0.1, 0.15) is 0 Å². The molecule has 2 N–H and O–H groups in total. The van der Waals surface area contributed by atoms with E-state index in [4.69, 9.17) is 0 Å². The van der Waals surface area contributed by atoms with Crippen LogP contribution >= 0.6 is 0 Å². The maximum absolute atomic E-state index is 11.3. The van der Waals surface area contributed by atoms with Crippen LogP contribution in [0.3, 0.4) is 0 Å². The molecular formula is C13H26N2O. The second-order valence-electron chi connectivity index (χ2n) is 5.27. The monoisotopic (exact) mass is 226 g/mol. The summed E-state index contributed by atoms with van der Waals surface area (Å²) in [6.07, 6.45) is 4.49. The molecule has 2 unspecified atom stereocenters. The largest absolute Gasteiger partial charge is 0.356 e. The van der Waals surface area contributed by atoms with Gasteiger partial charge in [-0.05, 0) is 38.0 Å². The zero-order valence-corrected chi connectivity index (χ0v) is 10.9. The third-order valence-corrected chi connectivity index (χ3v) is 3.34. The predicted octanol–water partition coefficient (Wildman–Crippen LogP) is 1.93. The molecule has 2 atom stereocenters. The SMILES string of the molecule is CCNC(=O)CCNC1CC(C)CC(C)C1. The molecule has 0 aliphatic heterocycles. The minimum absolute atomic E-state index is 0.159. The van der Waals surface area contributed by atoms with Crippen LogP contribution in [-0.2, 0) is 4.79 Å². The Morgan fingerprint density at radius 1 is 1.19 bits per heavy atom. The van der Waals surface area contributed by atoms with E-state index in [0.29, 0.717) is 12.5 Å². The van der Waals surface area contributed by atoms with Gasteiger partial charge in [0.2, 0.25) is 5.91 Å². The summed E-state index contributed by atoms with van der Waals surface area (Å²) in [4.78, 5) is 11.3. The molecule has 1 saturated carbocycles. The topological polar surface area (TPSA) is 41.1 Å². The van der Waals surface area contributed by atoms with Crippen molar-refractivity contribution in [1.29, 1.82) is 0 Å². The number of amides is 1. The van der Waals surface area contributed by atoms with Gasteiger partial charge in [-0.2, -0.15) is 0 Å². The van der Waals surface area contributed by atoms with Crippen LogP contribution in [0.15, 0.2) is 0 Å². The van der Waals surface area contributed by atoms with Crippen molar-refractivity contribution >= 4 is 5.91 Å². The van der Waals surface area contributed by atoms with E-state index in [1.807, 2.05) is 6.92 Å². The van der Waals surface area contributed by atoms with Crippen LogP contribution in [0.2, 0.25) is 0 Å². The number of carbonyl (C=O) groups is 1. The van der Waals surface area contributed by atoms with E-state index in [1.54, 1.807) is 0 Å². The third-order valence-electron chi connectivity index (χ3n) is 3.34. The molecular weight excluding hydrogens is 200 g/mol. The molecule has 0 aromatic heterocycles. The summed E-state index contributed by atoms with van der Waals surface area (Å²) >= 11 is 0. The number of nitrogens with one attached hydrogen (secondary N) is 2. The van der Waals surface area contributed by atoms with Gasteiger partial charge in [0.25, 0.3) is 0 Å². The first kappa shape index (κ1) is 13.5. The fourth-order valence-electron chi connectivity index (χ4n) is 2.79. The van der Waals surface area contributed by atoms with Gasteiger partial charge in [0, 0.05) is 25.6 Å². The lowest BCUT2D eigenvalue weighted by Crippen LogP contribution is -2.38. The second kappa shape index (κ2) is 6.89. The van der Waals surface area contributed by atoms with Gasteiger partial charge in [-0.3, -0.25) is 4.79 Å². The first-order valence-electron chi connectivity index (χ1n) is 6.61. The molecule has 3 nitrogen and oxygen atoms in total. The molecule has 16 heavy (non-hydrogen) atoms. The fourth-order valence-corrected chi connectivity index (χ4v) is 2.79. The minimum Gasteiger partial charge on any atom is -0.356 e. The maximum atomic E-state index is 11.3. The highest BCUT2D eigenvalue weighted by Gasteiger charge is 2.23. The number of hydrogen-bond donors (Lipinski definition) is 2. The molecule has 1 amide bonds. The van der Waals surface area contributed by atoms with Gasteiger partial charge in [0.15, 0.2) is 0 Å². The Labute approximate surface area is 99.4 Å². The molecule has 0 saturated heterocycles. The maximum Gasteiger partial charge on any atom is 0.221 e. The van der Waals surface area contributed by atoms with Crippen LogP contribution in [0.25, 0.3) is 0 Å². The van der Waals surface area contributed by atoms with Crippen LogP contribution in [-0.4, -0.2) is 25.0 Å². The number of rotatable bonds is 5. The van der Waals surface area contributed by atoms with Gasteiger partial charge in [0.05, 0.1) is 0 Å². The van der Waals surface area contributed by atoms with E-state index in [0.717, 1.165) is 24.9 Å². The molecule has 0 bridgehead atoms. The van der Waals surface area contributed by atoms with E-state index in [9.17, 15) is 4.79 Å². The predicted molar refractivity (Wildman–Crippen MR) is 67.3 cm³/mol. The van der Waals surface area contributed by atoms with Crippen molar-refractivity contribution in [1.82, 2.24) is 10.6 Å². The Balaban J connectivity index is 2.14. The van der Waals surface area contributed by atoms with Gasteiger partial charge < -0.3 is 10.6 Å². The van der Waals surface area contributed by atoms with E-state index in [-0.39, 0.29) is 5.91 Å². The molecule has 1 aliphatic rings. The van der Waals surface area contributed by atoms with E-state index in [1.165, 1.54) is 19.3 Å². The van der Waals surface area contributed by atoms with Crippen LogP contribution in [0, 0.1) is 11.8 Å². The molecule has 0 aromatic carbocycles. The van der Waals surface area contributed by atoms with Crippen molar-refractivity contribution in [3.05, 3.63) is 0 Å². The van der Waals surface area contributed by atoms with Crippen molar-refractivity contribution in [2.45, 2.75) is 52.5 Å². The Hall–Kier alpha value is -0.570. The Bertz CT molecular complexity index is 208. The summed E-state index contributed by atoms with van der Waals surface area (Å²) in [6.45, 7) is 8.16. The summed E-state index contributed by atoms with van der Waals surface area (Å²) in [5.74, 6) is 1.81. The smallest absolute Gasteiger partial charge is 0.221 e. The molecule has 1 aliphatic carbocycles. The fraction of sp³-hybridized carbons (Fsp3) is 0.923. The van der Waals surface area contributed by atoms with Gasteiger partial charge >= 0.3 is 0 Å². The first-order valence-corrected chi connectivity index (χ1v) is 6.61. The van der Waals surface area contributed by atoms with Crippen molar-refractivity contribution in [3.8, 4) is 0 Å². The van der Waals surface area contributed by atoms with Crippen LogP contribution in [0.4, 0.5) is 0 Å². The second-order valence-corrected chi connectivity index (χ2v) is 5.27. The Kier molecular flexibility index (Phi) is 5.81. The van der Waals surface area contributed by atoms with Crippen molar-refractivity contribution < 1.29 is 4.79 Å². The Morgan fingerprint density at radius 2 is 1.81 bits per heavy atom. The molecule has 0 aromatic rings. The van der Waals surface area contributed by atoms with E-state index >= 15 is 0 Å². The first-order chi connectivity index (χ1) is 7.61. The highest BCUT2D eigenvalue weighted by molar-refractivity contribution is 5.75. The third kappa shape index (κ3) is 4.97. The zero-order valence-electron chi connectivity index (χ0n) is 10.9. The summed E-state index contributed by atoms with van der Waals surface area (Å²) in [6, 6.07) is 0.619. The molecule has 94 valence electrons. The quantitative estimate of drug-likeness (QED) is 0.752. The normalized spacial score (nSPS) is 30.1. The van der Waals surface area contributed by atoms with Crippen LogP contribution < -0.4 is 10.6 Å². The molecule has 0 spiro atoms. The standard InChI is InChI=1S/C13H26N2O/c1-4-14-13(16)5-6-15-12-8-10(2)7-11(3)9-12/h10-12,15H,4-9H2,1-3H3,(H,14,16). The summed E-state index contributed by atoms with van der Waals surface area (Å²) in [7, 11) is 0. The van der Waals surface area contributed by atoms with Gasteiger partial charge in [-0.15, -0.1) is 0 Å². The molecule has 3 heteroatoms. The molecule has 1 fully saturated rings. The van der Waals surface area contributed by atoms with E-state index in [2.05, 4.69) is 24.5 Å². The average molecular weight is 226 g/mol. The molecule has 0 radical (unpaired) electrons. The molecule has 1 rings (SSSR count). The average Bonchev–Trinajstić information content (AvgIpc) is 2.16. The zero-order chi connectivity index (χ0) is 12.0. The number of carbonyl (C=O) groups excluding carboxylic acids is 1. The van der Waals surface area contributed by atoms with Gasteiger partial charge in [-0.25, -0.2) is 0 Å². The summed E-state index contributed by atoms with van der Waals surface area (Å²) in [5, 5.41) is 6.33. The van der Waals surface area contributed by atoms with Crippen LogP contribution in [0.1, 0.15) is 46.5 Å². The van der Waals surface area contributed by atoms with Crippen molar-refractivity contribution in [2.75, 3.05) is 13.1 Å².